The maximum atomic E-state index is 12.8. The van der Waals surface area contributed by atoms with Crippen molar-refractivity contribution in [2.75, 3.05) is 0 Å². The fraction of sp³-hybridized carbons (Fsp3) is 0.258. The quantitative estimate of drug-likeness (QED) is 0.247. The molecule has 0 spiro atoms. The summed E-state index contributed by atoms with van der Waals surface area (Å²) in [6.45, 7) is 5.35. The Balaban J connectivity index is 0.00000194. The molecule has 5 aromatic rings. The zero-order chi connectivity index (χ0) is 27.4. The number of imidazole rings is 1. The summed E-state index contributed by atoms with van der Waals surface area (Å²) in [6.07, 6.45) is 9.63. The van der Waals surface area contributed by atoms with Gasteiger partial charge in [0.05, 0.1) is 17.4 Å². The third kappa shape index (κ3) is 5.49. The van der Waals surface area contributed by atoms with Crippen LogP contribution in [0, 0.1) is 5.41 Å². The van der Waals surface area contributed by atoms with Crippen molar-refractivity contribution < 1.29 is 14.7 Å². The average molecular weight is 593 g/mol. The summed E-state index contributed by atoms with van der Waals surface area (Å²) in [7, 11) is 0. The van der Waals surface area contributed by atoms with Gasteiger partial charge in [-0.2, -0.15) is 0 Å². The first-order valence-electron chi connectivity index (χ1n) is 13.0. The van der Waals surface area contributed by atoms with E-state index >= 15 is 0 Å². The number of rotatable bonds is 6. The number of benzene rings is 2. The Hall–Kier alpha value is -4.01. The molecule has 3 heterocycles. The molecular weight excluding hydrogens is 561 g/mol. The maximum Gasteiger partial charge on any atom is 0.326 e. The Labute approximate surface area is 250 Å². The standard InChI is InChI=1S/C31H29N5O3.2ClH/c1-30(2,3)26(28(38)39)35-27(37)20-8-6-19(7-9-20)22-16-33-29-34-17-25(36(29)18-22)31(12-13-31)23-10-11-24-21(15-23)5-4-14-32-24;;/h4-11,14-18,26H,12-13H2,1-3H3,(H,35,37)(H,38,39);2*1H/t26-;;/m1../s1. The molecular formula is C31H31Cl2N5O3. The minimum absolute atomic E-state index is 0. The number of carbonyl (C=O) groups is 2. The molecule has 1 fully saturated rings. The molecule has 1 amide bonds. The first-order valence-corrected chi connectivity index (χ1v) is 13.0. The molecule has 0 saturated heterocycles. The van der Waals surface area contributed by atoms with Crippen LogP contribution in [0.25, 0.3) is 27.8 Å². The van der Waals surface area contributed by atoms with Gasteiger partial charge in [-0.25, -0.2) is 14.8 Å². The van der Waals surface area contributed by atoms with Crippen LogP contribution in [0.2, 0.25) is 0 Å². The number of carboxylic acids is 1. The van der Waals surface area contributed by atoms with Crippen molar-refractivity contribution >= 4 is 53.4 Å². The monoisotopic (exact) mass is 591 g/mol. The van der Waals surface area contributed by atoms with Crippen molar-refractivity contribution in [3.8, 4) is 11.1 Å². The molecule has 1 aliphatic rings. The predicted octanol–water partition coefficient (Wildman–Crippen LogP) is 6.10. The van der Waals surface area contributed by atoms with E-state index in [-0.39, 0.29) is 30.2 Å². The molecule has 8 nitrogen and oxygen atoms in total. The van der Waals surface area contributed by atoms with E-state index in [0.29, 0.717) is 11.3 Å². The number of nitrogens with one attached hydrogen (secondary N) is 1. The number of carboxylic acid groups (broad SMARTS) is 1. The second-order valence-corrected chi connectivity index (χ2v) is 11.3. The Kier molecular flexibility index (Phi) is 8.11. The number of aliphatic carboxylic acids is 1. The topological polar surface area (TPSA) is 109 Å². The number of hydrogen-bond acceptors (Lipinski definition) is 5. The lowest BCUT2D eigenvalue weighted by atomic mass is 9.86. The van der Waals surface area contributed by atoms with E-state index in [4.69, 9.17) is 0 Å². The largest absolute Gasteiger partial charge is 0.480 e. The van der Waals surface area contributed by atoms with Gasteiger partial charge in [-0.15, -0.1) is 24.8 Å². The summed E-state index contributed by atoms with van der Waals surface area (Å²) >= 11 is 0. The van der Waals surface area contributed by atoms with Gasteiger partial charge in [-0.3, -0.25) is 14.2 Å². The third-order valence-corrected chi connectivity index (χ3v) is 7.63. The first kappa shape index (κ1) is 30.0. The first-order chi connectivity index (χ1) is 18.7. The van der Waals surface area contributed by atoms with E-state index in [1.54, 1.807) is 39.1 Å². The number of aromatic nitrogens is 4. The fourth-order valence-corrected chi connectivity index (χ4v) is 5.24. The van der Waals surface area contributed by atoms with Crippen LogP contribution in [0.3, 0.4) is 0 Å². The van der Waals surface area contributed by atoms with Crippen LogP contribution in [-0.2, 0) is 10.2 Å². The van der Waals surface area contributed by atoms with Gasteiger partial charge in [0.2, 0.25) is 5.78 Å². The molecule has 2 aromatic carbocycles. The number of fused-ring (bicyclic) bond motifs is 2. The maximum absolute atomic E-state index is 12.8. The summed E-state index contributed by atoms with van der Waals surface area (Å²) in [4.78, 5) is 38.1. The second kappa shape index (κ2) is 11.1. The van der Waals surface area contributed by atoms with E-state index in [0.717, 1.165) is 40.6 Å². The van der Waals surface area contributed by atoms with Gasteiger partial charge in [-0.05, 0) is 59.7 Å². The Morgan fingerprint density at radius 1 is 0.951 bits per heavy atom. The number of amides is 1. The van der Waals surface area contributed by atoms with Crippen molar-refractivity contribution in [3.05, 3.63) is 96.2 Å². The second-order valence-electron chi connectivity index (χ2n) is 11.3. The highest BCUT2D eigenvalue weighted by Crippen LogP contribution is 2.53. The highest BCUT2D eigenvalue weighted by Gasteiger charge is 2.48. The minimum Gasteiger partial charge on any atom is -0.480 e. The van der Waals surface area contributed by atoms with Gasteiger partial charge in [0.1, 0.15) is 6.04 Å². The van der Waals surface area contributed by atoms with Gasteiger partial charge in [0, 0.05) is 40.5 Å². The van der Waals surface area contributed by atoms with Crippen LogP contribution < -0.4 is 5.32 Å². The lowest BCUT2D eigenvalue weighted by Gasteiger charge is -2.27. The molecule has 1 aliphatic carbocycles. The summed E-state index contributed by atoms with van der Waals surface area (Å²) < 4.78 is 2.07. The average Bonchev–Trinajstić information content (AvgIpc) is 3.62. The number of carbonyl (C=O) groups excluding carboxylic acids is 1. The summed E-state index contributed by atoms with van der Waals surface area (Å²) in [6, 6.07) is 16.6. The van der Waals surface area contributed by atoms with Crippen LogP contribution in [0.15, 0.2) is 79.4 Å². The van der Waals surface area contributed by atoms with Gasteiger partial charge < -0.3 is 10.4 Å². The third-order valence-electron chi connectivity index (χ3n) is 7.63. The predicted molar refractivity (Wildman–Crippen MR) is 163 cm³/mol. The molecule has 0 bridgehead atoms. The van der Waals surface area contributed by atoms with E-state index in [9.17, 15) is 14.7 Å². The van der Waals surface area contributed by atoms with Crippen LogP contribution in [0.4, 0.5) is 0 Å². The van der Waals surface area contributed by atoms with Crippen molar-refractivity contribution in [1.82, 2.24) is 24.7 Å². The number of hydrogen-bond donors (Lipinski definition) is 2. The van der Waals surface area contributed by atoms with E-state index in [2.05, 4.69) is 48.9 Å². The fourth-order valence-electron chi connectivity index (χ4n) is 5.24. The van der Waals surface area contributed by atoms with Gasteiger partial charge in [0.25, 0.3) is 5.91 Å². The van der Waals surface area contributed by atoms with E-state index in [1.165, 1.54) is 5.56 Å². The Morgan fingerprint density at radius 2 is 1.66 bits per heavy atom. The summed E-state index contributed by atoms with van der Waals surface area (Å²) in [5.74, 6) is -0.840. The Bertz CT molecular complexity index is 1740. The van der Waals surface area contributed by atoms with Crippen LogP contribution in [0.1, 0.15) is 55.2 Å². The molecule has 10 heteroatoms. The van der Waals surface area contributed by atoms with Crippen molar-refractivity contribution in [2.45, 2.75) is 45.1 Å². The molecule has 0 unspecified atom stereocenters. The molecule has 3 aromatic heterocycles. The molecule has 0 radical (unpaired) electrons. The molecule has 1 saturated carbocycles. The van der Waals surface area contributed by atoms with E-state index < -0.39 is 23.3 Å². The van der Waals surface area contributed by atoms with Crippen LogP contribution in [0.5, 0.6) is 0 Å². The number of nitrogens with zero attached hydrogens (tertiary/aromatic N) is 4. The van der Waals surface area contributed by atoms with Gasteiger partial charge in [0.15, 0.2) is 0 Å². The summed E-state index contributed by atoms with van der Waals surface area (Å²) in [5.41, 5.74) is 4.79. The zero-order valence-electron chi connectivity index (χ0n) is 22.9. The highest BCUT2D eigenvalue weighted by atomic mass is 35.5. The van der Waals surface area contributed by atoms with Crippen molar-refractivity contribution in [2.24, 2.45) is 5.41 Å². The summed E-state index contributed by atoms with van der Waals surface area (Å²) in [5, 5.41) is 13.3. The molecule has 41 heavy (non-hydrogen) atoms. The molecule has 6 rings (SSSR count). The lowest BCUT2D eigenvalue weighted by Crippen LogP contribution is -2.49. The minimum atomic E-state index is -1.06. The molecule has 1 atom stereocenters. The Morgan fingerprint density at radius 3 is 2.32 bits per heavy atom. The van der Waals surface area contributed by atoms with Crippen molar-refractivity contribution in [3.63, 3.8) is 0 Å². The van der Waals surface area contributed by atoms with Gasteiger partial charge >= 0.3 is 5.97 Å². The smallest absolute Gasteiger partial charge is 0.326 e. The molecule has 212 valence electrons. The number of halogens is 2. The van der Waals surface area contributed by atoms with Crippen LogP contribution >= 0.6 is 24.8 Å². The highest BCUT2D eigenvalue weighted by molar-refractivity contribution is 5.97. The van der Waals surface area contributed by atoms with Crippen molar-refractivity contribution in [1.29, 1.82) is 0 Å². The van der Waals surface area contributed by atoms with Gasteiger partial charge in [-0.1, -0.05) is 45.0 Å². The SMILES string of the molecule is CC(C)(C)[C@H](NC(=O)c1ccc(-c2cnc3ncc(C4(c5ccc6ncccc6c5)CC4)n3c2)cc1)C(=O)O.Cl.Cl. The lowest BCUT2D eigenvalue weighted by molar-refractivity contribution is -0.142. The zero-order valence-corrected chi connectivity index (χ0v) is 24.5. The van der Waals surface area contributed by atoms with Crippen LogP contribution in [-0.4, -0.2) is 42.4 Å². The molecule has 0 aliphatic heterocycles. The normalized spacial score (nSPS) is 14.5. The van der Waals surface area contributed by atoms with E-state index in [1.807, 2.05) is 36.8 Å². The number of pyridine rings is 1. The molecule has 2 N–H and O–H groups in total.